The van der Waals surface area contributed by atoms with Crippen molar-refractivity contribution in [1.29, 1.82) is 0 Å². The lowest BCUT2D eigenvalue weighted by Gasteiger charge is -2.31. The molecule has 0 radical (unpaired) electrons. The molecule has 0 saturated heterocycles. The molecule has 1 atom stereocenters. The van der Waals surface area contributed by atoms with Gasteiger partial charge in [0.2, 0.25) is 0 Å². The van der Waals surface area contributed by atoms with Crippen LogP contribution in [0.4, 0.5) is 0 Å². The highest BCUT2D eigenvalue weighted by Gasteiger charge is 2.17. The van der Waals surface area contributed by atoms with Crippen LogP contribution in [0.5, 0.6) is 0 Å². The molecule has 1 aliphatic carbocycles. The summed E-state index contributed by atoms with van der Waals surface area (Å²) in [5.74, 6) is 0.853. The molecule has 2 N–H and O–H groups in total. The van der Waals surface area contributed by atoms with Gasteiger partial charge in [-0.05, 0) is 26.8 Å². The smallest absolute Gasteiger partial charge is 0.191 e. The largest absolute Gasteiger partial charge is 0.383 e. The van der Waals surface area contributed by atoms with Gasteiger partial charge in [0.1, 0.15) is 0 Å². The normalized spacial score (nSPS) is 18.2. The Morgan fingerprint density at radius 2 is 2.00 bits per heavy atom. The van der Waals surface area contributed by atoms with Gasteiger partial charge in [-0.25, -0.2) is 0 Å². The number of methoxy groups -OCH3 is 1. The first-order valence-electron chi connectivity index (χ1n) is 7.83. The van der Waals surface area contributed by atoms with Gasteiger partial charge >= 0.3 is 0 Å². The Labute approximate surface area is 147 Å². The van der Waals surface area contributed by atoms with Gasteiger partial charge in [-0.3, -0.25) is 4.99 Å². The van der Waals surface area contributed by atoms with Gasteiger partial charge in [-0.2, -0.15) is 0 Å². The van der Waals surface area contributed by atoms with E-state index in [0.29, 0.717) is 6.61 Å². The number of ether oxygens (including phenoxy) is 1. The van der Waals surface area contributed by atoms with Crippen molar-refractivity contribution in [2.24, 2.45) is 4.99 Å². The van der Waals surface area contributed by atoms with E-state index in [0.717, 1.165) is 25.1 Å². The number of rotatable bonds is 7. The molecule has 126 valence electrons. The zero-order chi connectivity index (χ0) is 14.8. The Morgan fingerprint density at radius 3 is 2.57 bits per heavy atom. The van der Waals surface area contributed by atoms with Crippen LogP contribution >= 0.6 is 24.0 Å². The van der Waals surface area contributed by atoms with Crippen LogP contribution < -0.4 is 10.6 Å². The van der Waals surface area contributed by atoms with Crippen LogP contribution in [0.15, 0.2) is 4.99 Å². The Bertz CT molecular complexity index is 283. The van der Waals surface area contributed by atoms with Crippen molar-refractivity contribution in [3.63, 3.8) is 0 Å². The maximum atomic E-state index is 5.12. The van der Waals surface area contributed by atoms with Crippen molar-refractivity contribution >= 4 is 29.9 Å². The Hall–Kier alpha value is -0.0800. The number of hydrogen-bond acceptors (Lipinski definition) is 3. The maximum absolute atomic E-state index is 5.12. The van der Waals surface area contributed by atoms with Gasteiger partial charge in [0, 0.05) is 39.3 Å². The second kappa shape index (κ2) is 12.5. The molecular weight excluding hydrogens is 379 g/mol. The average Bonchev–Trinajstić information content (AvgIpc) is 2.47. The standard InChI is InChI=1S/C15H32N4O.HI/c1-13(12-20-4)18-15(16-2)17-10-11-19(3)14-8-6-5-7-9-14;/h13-14H,5-12H2,1-4H3,(H2,16,17,18);1H. The van der Waals surface area contributed by atoms with E-state index >= 15 is 0 Å². The van der Waals surface area contributed by atoms with Gasteiger partial charge in [0.05, 0.1) is 6.61 Å². The summed E-state index contributed by atoms with van der Waals surface area (Å²) in [7, 11) is 5.76. The van der Waals surface area contributed by atoms with Crippen LogP contribution in [0.1, 0.15) is 39.0 Å². The van der Waals surface area contributed by atoms with Crippen LogP contribution in [0.25, 0.3) is 0 Å². The van der Waals surface area contributed by atoms with Crippen LogP contribution in [-0.2, 0) is 4.74 Å². The van der Waals surface area contributed by atoms with Crippen molar-refractivity contribution < 1.29 is 4.74 Å². The number of aliphatic imine (C=N–C) groups is 1. The van der Waals surface area contributed by atoms with E-state index in [-0.39, 0.29) is 30.0 Å². The lowest BCUT2D eigenvalue weighted by Crippen LogP contribution is -2.46. The Kier molecular flexibility index (Phi) is 12.4. The molecule has 0 aromatic rings. The van der Waals surface area contributed by atoms with Gasteiger partial charge in [-0.1, -0.05) is 19.3 Å². The van der Waals surface area contributed by atoms with Gasteiger partial charge in [-0.15, -0.1) is 24.0 Å². The summed E-state index contributed by atoms with van der Waals surface area (Å²) in [5, 5.41) is 6.69. The summed E-state index contributed by atoms with van der Waals surface area (Å²) in [6.45, 7) is 4.75. The summed E-state index contributed by atoms with van der Waals surface area (Å²) in [5.41, 5.74) is 0. The third-order valence-corrected chi connectivity index (χ3v) is 3.98. The van der Waals surface area contributed by atoms with E-state index in [9.17, 15) is 0 Å². The second-order valence-corrected chi connectivity index (χ2v) is 5.77. The number of nitrogens with zero attached hydrogens (tertiary/aromatic N) is 2. The molecule has 0 heterocycles. The molecule has 1 fully saturated rings. The molecule has 0 aromatic heterocycles. The van der Waals surface area contributed by atoms with E-state index in [1.807, 2.05) is 0 Å². The third kappa shape index (κ3) is 8.83. The highest BCUT2D eigenvalue weighted by Crippen LogP contribution is 2.21. The van der Waals surface area contributed by atoms with E-state index in [2.05, 4.69) is 34.5 Å². The molecule has 0 aromatic carbocycles. The van der Waals surface area contributed by atoms with Crippen molar-refractivity contribution in [3.8, 4) is 0 Å². The number of likely N-dealkylation sites (N-methyl/N-ethyl adjacent to an activating group) is 1. The zero-order valence-electron chi connectivity index (χ0n) is 14.0. The fraction of sp³-hybridized carbons (Fsp3) is 0.933. The summed E-state index contributed by atoms with van der Waals surface area (Å²) >= 11 is 0. The SMILES string of the molecule is CN=C(NCCN(C)C1CCCCC1)NC(C)COC.I. The molecule has 1 rings (SSSR count). The van der Waals surface area contributed by atoms with Gasteiger partial charge < -0.3 is 20.3 Å². The fourth-order valence-electron chi connectivity index (χ4n) is 2.77. The van der Waals surface area contributed by atoms with Crippen LogP contribution in [-0.4, -0.2) is 63.8 Å². The molecular formula is C15H33IN4O. The molecule has 1 unspecified atom stereocenters. The number of hydrogen-bond donors (Lipinski definition) is 2. The number of nitrogens with one attached hydrogen (secondary N) is 2. The number of guanidine groups is 1. The fourth-order valence-corrected chi connectivity index (χ4v) is 2.77. The van der Waals surface area contributed by atoms with Crippen LogP contribution in [0.2, 0.25) is 0 Å². The minimum absolute atomic E-state index is 0. The minimum Gasteiger partial charge on any atom is -0.383 e. The quantitative estimate of drug-likeness (QED) is 0.382. The third-order valence-electron chi connectivity index (χ3n) is 3.98. The van der Waals surface area contributed by atoms with Gasteiger partial charge in [0.15, 0.2) is 5.96 Å². The van der Waals surface area contributed by atoms with Crippen molar-refractivity contribution in [1.82, 2.24) is 15.5 Å². The second-order valence-electron chi connectivity index (χ2n) is 5.77. The highest BCUT2D eigenvalue weighted by molar-refractivity contribution is 14.0. The molecule has 1 saturated carbocycles. The van der Waals surface area contributed by atoms with Crippen molar-refractivity contribution in [2.75, 3.05) is 40.9 Å². The van der Waals surface area contributed by atoms with Crippen LogP contribution in [0.3, 0.4) is 0 Å². The van der Waals surface area contributed by atoms with Crippen molar-refractivity contribution in [2.45, 2.75) is 51.1 Å². The minimum atomic E-state index is 0. The summed E-state index contributed by atoms with van der Waals surface area (Å²) in [6.07, 6.45) is 6.90. The topological polar surface area (TPSA) is 48.9 Å². The predicted octanol–water partition coefficient (Wildman–Crippen LogP) is 2.07. The summed E-state index contributed by atoms with van der Waals surface area (Å²) < 4.78 is 5.12. The zero-order valence-corrected chi connectivity index (χ0v) is 16.4. The molecule has 6 heteroatoms. The molecule has 21 heavy (non-hydrogen) atoms. The van der Waals surface area contributed by atoms with Gasteiger partial charge in [0.25, 0.3) is 0 Å². The monoisotopic (exact) mass is 412 g/mol. The number of halogens is 1. The van der Waals surface area contributed by atoms with Crippen LogP contribution in [0, 0.1) is 0 Å². The lowest BCUT2D eigenvalue weighted by atomic mass is 9.94. The highest BCUT2D eigenvalue weighted by atomic mass is 127. The molecule has 5 nitrogen and oxygen atoms in total. The van der Waals surface area contributed by atoms with E-state index < -0.39 is 0 Å². The Balaban J connectivity index is 0.00000400. The first-order valence-corrected chi connectivity index (χ1v) is 7.83. The van der Waals surface area contributed by atoms with E-state index in [4.69, 9.17) is 4.74 Å². The van der Waals surface area contributed by atoms with Crippen molar-refractivity contribution in [3.05, 3.63) is 0 Å². The van der Waals surface area contributed by atoms with E-state index in [1.54, 1.807) is 14.2 Å². The maximum Gasteiger partial charge on any atom is 0.191 e. The molecule has 0 bridgehead atoms. The molecule has 0 aliphatic heterocycles. The average molecular weight is 412 g/mol. The first-order chi connectivity index (χ1) is 9.67. The lowest BCUT2D eigenvalue weighted by molar-refractivity contribution is 0.178. The molecule has 0 spiro atoms. The molecule has 0 amide bonds. The Morgan fingerprint density at radius 1 is 1.33 bits per heavy atom. The first kappa shape index (κ1) is 20.9. The molecule has 1 aliphatic rings. The summed E-state index contributed by atoms with van der Waals surface area (Å²) in [4.78, 5) is 6.72. The van der Waals surface area contributed by atoms with E-state index in [1.165, 1.54) is 32.1 Å². The predicted molar refractivity (Wildman–Crippen MR) is 101 cm³/mol. The summed E-state index contributed by atoms with van der Waals surface area (Å²) in [6, 6.07) is 1.04.